The molecule has 3 aliphatic carbocycles. The van der Waals surface area contributed by atoms with Gasteiger partial charge in [0.1, 0.15) is 0 Å². The Balaban J connectivity index is 1.54. The van der Waals surface area contributed by atoms with Gasteiger partial charge in [0, 0.05) is 19.6 Å². The predicted octanol–water partition coefficient (Wildman–Crippen LogP) is 4.82. The predicted molar refractivity (Wildman–Crippen MR) is 131 cm³/mol. The van der Waals surface area contributed by atoms with Crippen LogP contribution in [0.5, 0.6) is 0 Å². The molecule has 3 fully saturated rings. The molecule has 33 heavy (non-hydrogen) atoms. The molecule has 3 N–H and O–H groups in total. The second kappa shape index (κ2) is 10.9. The molecule has 3 rings (SSSR count). The highest BCUT2D eigenvalue weighted by molar-refractivity contribution is 7.85. The maximum absolute atomic E-state index is 12.1. The van der Waals surface area contributed by atoms with E-state index in [4.69, 9.17) is 4.55 Å². The van der Waals surface area contributed by atoms with Gasteiger partial charge < -0.3 is 10.4 Å². The molecular weight excluding hydrogens is 438 g/mol. The van der Waals surface area contributed by atoms with Crippen molar-refractivity contribution in [1.82, 2.24) is 5.32 Å². The average Bonchev–Trinajstić information content (AvgIpc) is 3.09. The Morgan fingerprint density at radius 2 is 1.79 bits per heavy atom. The summed E-state index contributed by atoms with van der Waals surface area (Å²) in [5.74, 6) is 2.75. The Morgan fingerprint density at radius 3 is 2.48 bits per heavy atom. The van der Waals surface area contributed by atoms with Gasteiger partial charge in [-0.25, -0.2) is 0 Å². The van der Waals surface area contributed by atoms with Crippen molar-refractivity contribution in [2.75, 3.05) is 18.9 Å². The van der Waals surface area contributed by atoms with Gasteiger partial charge in [-0.3, -0.25) is 9.35 Å². The van der Waals surface area contributed by atoms with E-state index in [9.17, 15) is 18.3 Å². The lowest BCUT2D eigenvalue weighted by atomic mass is 9.51. The Hall–Kier alpha value is -0.660. The standard InChI is InChI=1S/C26H47NO5S/c1-19(7-10-24(29)27-15-17-33(30,31)32)23-9-8-21-18-22(11-14-26(21,23)3)25(2)13-5-4-6-20(25)12-16-28/h19-23,28H,4-18H2,1-3H3,(H,27,29)(H,30,31,32)/t19-,20?,21+,22+,23-,25+,26+/m1/s1. The topological polar surface area (TPSA) is 104 Å². The first-order chi connectivity index (χ1) is 15.5. The zero-order valence-electron chi connectivity index (χ0n) is 21.0. The summed E-state index contributed by atoms with van der Waals surface area (Å²) in [6, 6.07) is 0. The molecule has 6 nitrogen and oxygen atoms in total. The molecule has 0 aromatic carbocycles. The molecule has 3 saturated carbocycles. The maximum Gasteiger partial charge on any atom is 0.266 e. The fourth-order valence-corrected chi connectivity index (χ4v) is 8.53. The molecule has 192 valence electrons. The van der Waals surface area contributed by atoms with Gasteiger partial charge >= 0.3 is 0 Å². The van der Waals surface area contributed by atoms with Crippen LogP contribution in [0.1, 0.15) is 97.8 Å². The van der Waals surface area contributed by atoms with E-state index in [1.54, 1.807) is 0 Å². The van der Waals surface area contributed by atoms with E-state index in [-0.39, 0.29) is 12.5 Å². The van der Waals surface area contributed by atoms with E-state index in [1.165, 1.54) is 57.8 Å². The van der Waals surface area contributed by atoms with Crippen LogP contribution in [-0.2, 0) is 14.9 Å². The molecule has 0 bridgehead atoms. The van der Waals surface area contributed by atoms with Crippen molar-refractivity contribution in [3.8, 4) is 0 Å². The van der Waals surface area contributed by atoms with Crippen molar-refractivity contribution in [2.24, 2.45) is 40.4 Å². The molecule has 3 aliphatic rings. The molecule has 0 saturated heterocycles. The normalized spacial score (nSPS) is 38.0. The van der Waals surface area contributed by atoms with Gasteiger partial charge in [-0.15, -0.1) is 0 Å². The van der Waals surface area contributed by atoms with Gasteiger partial charge in [0.15, 0.2) is 0 Å². The smallest absolute Gasteiger partial charge is 0.266 e. The summed E-state index contributed by atoms with van der Waals surface area (Å²) in [7, 11) is -4.04. The van der Waals surface area contributed by atoms with Crippen LogP contribution < -0.4 is 5.32 Å². The fraction of sp³-hybridized carbons (Fsp3) is 0.962. The molecule has 0 radical (unpaired) electrons. The first-order valence-corrected chi connectivity index (χ1v) is 14.9. The van der Waals surface area contributed by atoms with E-state index in [2.05, 4.69) is 26.1 Å². The lowest BCUT2D eigenvalue weighted by molar-refractivity contribution is -0.121. The molecular formula is C26H47NO5S. The first-order valence-electron chi connectivity index (χ1n) is 13.3. The fourth-order valence-electron chi connectivity index (χ4n) is 8.17. The Labute approximate surface area is 201 Å². The van der Waals surface area contributed by atoms with Gasteiger partial charge in [-0.2, -0.15) is 8.42 Å². The summed E-state index contributed by atoms with van der Waals surface area (Å²) in [6.45, 7) is 7.59. The highest BCUT2D eigenvalue weighted by atomic mass is 32.2. The summed E-state index contributed by atoms with van der Waals surface area (Å²) in [4.78, 5) is 12.1. The lowest BCUT2D eigenvalue weighted by Crippen LogP contribution is -2.45. The molecule has 7 heteroatoms. The average molecular weight is 486 g/mol. The van der Waals surface area contributed by atoms with Crippen molar-refractivity contribution in [3.05, 3.63) is 0 Å². The van der Waals surface area contributed by atoms with Crippen LogP contribution >= 0.6 is 0 Å². The number of hydrogen-bond donors (Lipinski definition) is 3. The van der Waals surface area contributed by atoms with Crippen LogP contribution in [0.25, 0.3) is 0 Å². The van der Waals surface area contributed by atoms with Crippen molar-refractivity contribution >= 4 is 16.0 Å². The molecule has 1 unspecified atom stereocenters. The van der Waals surface area contributed by atoms with Crippen molar-refractivity contribution in [1.29, 1.82) is 0 Å². The number of aliphatic hydroxyl groups is 1. The van der Waals surface area contributed by atoms with Crippen molar-refractivity contribution in [2.45, 2.75) is 97.8 Å². The number of carbonyl (C=O) groups excluding carboxylic acids is 1. The highest BCUT2D eigenvalue weighted by Gasteiger charge is 2.54. The van der Waals surface area contributed by atoms with Crippen LogP contribution in [0.3, 0.4) is 0 Å². The third-order valence-corrected chi connectivity index (χ3v) is 11.0. The third kappa shape index (κ3) is 6.32. The Morgan fingerprint density at radius 1 is 1.06 bits per heavy atom. The van der Waals surface area contributed by atoms with Gasteiger partial charge in [-0.05, 0) is 98.2 Å². The lowest BCUT2D eigenvalue weighted by Gasteiger charge is -2.54. The van der Waals surface area contributed by atoms with E-state index < -0.39 is 15.9 Å². The quantitative estimate of drug-likeness (QED) is 0.385. The zero-order valence-corrected chi connectivity index (χ0v) is 21.8. The Kier molecular flexibility index (Phi) is 8.93. The summed E-state index contributed by atoms with van der Waals surface area (Å²) in [5, 5.41) is 12.3. The largest absolute Gasteiger partial charge is 0.396 e. The van der Waals surface area contributed by atoms with E-state index in [0.717, 1.165) is 24.7 Å². The number of carbonyl (C=O) groups is 1. The summed E-state index contributed by atoms with van der Waals surface area (Å²) < 4.78 is 30.4. The molecule has 0 aliphatic heterocycles. The zero-order chi connectivity index (χ0) is 24.3. The molecule has 7 atom stereocenters. The molecule has 0 aromatic rings. The number of fused-ring (bicyclic) bond motifs is 1. The van der Waals surface area contributed by atoms with Gasteiger partial charge in [0.05, 0.1) is 5.75 Å². The SMILES string of the molecule is C[C@H](CCC(=O)NCCS(=O)(=O)O)[C@H]1CC[C@H]2C[C@@H]([C@@]3(C)CCCCC3CCO)CC[C@@]21C. The van der Waals surface area contributed by atoms with Gasteiger partial charge in [0.2, 0.25) is 5.91 Å². The van der Waals surface area contributed by atoms with Crippen LogP contribution in [0.2, 0.25) is 0 Å². The molecule has 0 heterocycles. The Bertz CT molecular complexity index is 769. The summed E-state index contributed by atoms with van der Waals surface area (Å²) in [6.07, 6.45) is 13.9. The molecule has 0 aromatic heterocycles. The minimum Gasteiger partial charge on any atom is -0.396 e. The minimum absolute atomic E-state index is 0.0350. The van der Waals surface area contributed by atoms with E-state index in [0.29, 0.717) is 41.6 Å². The van der Waals surface area contributed by atoms with Gasteiger partial charge in [0.25, 0.3) is 10.1 Å². The second-order valence-electron chi connectivity index (χ2n) is 12.0. The number of nitrogens with one attached hydrogen (secondary N) is 1. The van der Waals surface area contributed by atoms with Crippen LogP contribution in [0.4, 0.5) is 0 Å². The molecule has 1 amide bonds. The van der Waals surface area contributed by atoms with Crippen LogP contribution in [0, 0.1) is 40.4 Å². The number of rotatable bonds is 10. The highest BCUT2D eigenvalue weighted by Crippen LogP contribution is 2.63. The number of hydrogen-bond acceptors (Lipinski definition) is 4. The number of aliphatic hydroxyl groups excluding tert-OH is 1. The van der Waals surface area contributed by atoms with Crippen LogP contribution in [-0.4, -0.2) is 42.9 Å². The second-order valence-corrected chi connectivity index (χ2v) is 13.5. The van der Waals surface area contributed by atoms with E-state index in [1.807, 2.05) is 0 Å². The maximum atomic E-state index is 12.1. The monoisotopic (exact) mass is 485 g/mol. The summed E-state index contributed by atoms with van der Waals surface area (Å²) >= 11 is 0. The third-order valence-electron chi connectivity index (χ3n) is 10.3. The van der Waals surface area contributed by atoms with E-state index >= 15 is 0 Å². The summed E-state index contributed by atoms with van der Waals surface area (Å²) in [5.41, 5.74) is 0.737. The molecule has 0 spiro atoms. The van der Waals surface area contributed by atoms with Crippen molar-refractivity contribution < 1.29 is 22.9 Å². The first kappa shape index (κ1) is 26.9. The van der Waals surface area contributed by atoms with Crippen molar-refractivity contribution in [3.63, 3.8) is 0 Å². The van der Waals surface area contributed by atoms with Gasteiger partial charge in [-0.1, -0.05) is 33.6 Å². The number of amides is 1. The minimum atomic E-state index is -4.04. The van der Waals surface area contributed by atoms with Crippen LogP contribution in [0.15, 0.2) is 0 Å².